The summed E-state index contributed by atoms with van der Waals surface area (Å²) < 4.78 is 5.12. The van der Waals surface area contributed by atoms with E-state index in [9.17, 15) is 14.4 Å². The van der Waals surface area contributed by atoms with Gasteiger partial charge in [-0.1, -0.05) is 23.7 Å². The van der Waals surface area contributed by atoms with E-state index in [4.69, 9.17) is 16.0 Å². The van der Waals surface area contributed by atoms with Crippen molar-refractivity contribution in [3.8, 4) is 0 Å². The van der Waals surface area contributed by atoms with Crippen LogP contribution in [0.2, 0.25) is 5.02 Å². The van der Waals surface area contributed by atoms with Crippen LogP contribution in [0.1, 0.15) is 33.8 Å². The van der Waals surface area contributed by atoms with E-state index >= 15 is 0 Å². The molecule has 1 fully saturated rings. The third-order valence-electron chi connectivity index (χ3n) is 4.39. The van der Waals surface area contributed by atoms with Crippen molar-refractivity contribution >= 4 is 29.2 Å². The molecule has 136 valence electrons. The summed E-state index contributed by atoms with van der Waals surface area (Å²) in [7, 11) is 0. The third kappa shape index (κ3) is 4.14. The second kappa shape index (κ2) is 8.19. The Labute approximate surface area is 156 Å². The molecular weight excluding hydrogens is 356 g/mol. The van der Waals surface area contributed by atoms with Gasteiger partial charge in [-0.3, -0.25) is 14.4 Å². The summed E-state index contributed by atoms with van der Waals surface area (Å²) in [5.74, 6) is -0.0998. The van der Waals surface area contributed by atoms with Crippen molar-refractivity contribution in [1.29, 1.82) is 0 Å². The summed E-state index contributed by atoms with van der Waals surface area (Å²) in [6.07, 6.45) is 1.72. The van der Waals surface area contributed by atoms with Gasteiger partial charge in [-0.15, -0.1) is 0 Å². The molecule has 0 bridgehead atoms. The average molecular weight is 375 g/mol. The number of furan rings is 1. The summed E-state index contributed by atoms with van der Waals surface area (Å²) in [4.78, 5) is 40.1. The van der Waals surface area contributed by atoms with Gasteiger partial charge in [-0.25, -0.2) is 0 Å². The van der Waals surface area contributed by atoms with Gasteiger partial charge >= 0.3 is 0 Å². The smallest absolute Gasteiger partial charge is 0.289 e. The minimum atomic E-state index is -0.170. The van der Waals surface area contributed by atoms with Crippen LogP contribution in [-0.2, 0) is 4.79 Å². The summed E-state index contributed by atoms with van der Waals surface area (Å²) in [5.41, 5.74) is 0.441. The van der Waals surface area contributed by atoms with E-state index in [0.717, 1.165) is 0 Å². The molecule has 0 unspecified atom stereocenters. The molecule has 0 spiro atoms. The zero-order valence-electron chi connectivity index (χ0n) is 14.2. The number of carbonyl (C=O) groups is 3. The molecule has 2 aromatic rings. The molecule has 0 aliphatic carbocycles. The second-order valence-corrected chi connectivity index (χ2v) is 6.46. The van der Waals surface area contributed by atoms with Gasteiger partial charge in [0.15, 0.2) is 11.5 Å². The lowest BCUT2D eigenvalue weighted by Gasteiger charge is -2.34. The molecule has 7 heteroatoms. The Balaban J connectivity index is 1.47. The van der Waals surface area contributed by atoms with Crippen molar-refractivity contribution in [2.45, 2.75) is 12.8 Å². The van der Waals surface area contributed by atoms with Crippen LogP contribution in [-0.4, -0.2) is 53.6 Å². The summed E-state index contributed by atoms with van der Waals surface area (Å²) >= 11 is 6.01. The first-order valence-electron chi connectivity index (χ1n) is 8.44. The zero-order chi connectivity index (χ0) is 18.5. The van der Waals surface area contributed by atoms with Crippen LogP contribution in [0, 0.1) is 0 Å². The zero-order valence-corrected chi connectivity index (χ0v) is 14.9. The van der Waals surface area contributed by atoms with Crippen LogP contribution in [0.15, 0.2) is 47.1 Å². The minimum Gasteiger partial charge on any atom is -0.459 e. The Morgan fingerprint density at radius 2 is 1.62 bits per heavy atom. The number of halogens is 1. The first kappa shape index (κ1) is 18.2. The Kier molecular flexibility index (Phi) is 5.73. The van der Waals surface area contributed by atoms with Gasteiger partial charge in [0, 0.05) is 44.6 Å². The average Bonchev–Trinajstić information content (AvgIpc) is 3.20. The number of ketones is 1. The molecule has 1 aliphatic heterocycles. The van der Waals surface area contributed by atoms with Gasteiger partial charge in [-0.2, -0.15) is 0 Å². The number of benzene rings is 1. The van der Waals surface area contributed by atoms with E-state index in [1.165, 1.54) is 6.26 Å². The number of hydrogen-bond acceptors (Lipinski definition) is 4. The number of carbonyl (C=O) groups excluding carboxylic acids is 3. The van der Waals surface area contributed by atoms with Crippen molar-refractivity contribution < 1.29 is 18.8 Å². The van der Waals surface area contributed by atoms with E-state index in [0.29, 0.717) is 42.5 Å². The monoisotopic (exact) mass is 374 g/mol. The lowest BCUT2D eigenvalue weighted by Crippen LogP contribution is -2.50. The third-order valence-corrected chi connectivity index (χ3v) is 4.72. The molecule has 1 aromatic heterocycles. The SMILES string of the molecule is O=C(CCC(=O)N1CCN(C(=O)c2ccco2)CC1)c1ccccc1Cl. The number of amides is 2. The number of nitrogens with zero attached hydrogens (tertiary/aromatic N) is 2. The fraction of sp³-hybridized carbons (Fsp3) is 0.316. The highest BCUT2D eigenvalue weighted by Crippen LogP contribution is 2.18. The molecule has 6 nitrogen and oxygen atoms in total. The van der Waals surface area contributed by atoms with E-state index in [1.54, 1.807) is 46.2 Å². The van der Waals surface area contributed by atoms with Crippen LogP contribution >= 0.6 is 11.6 Å². The maximum absolute atomic E-state index is 12.3. The van der Waals surface area contributed by atoms with Crippen LogP contribution < -0.4 is 0 Å². The Hall–Kier alpha value is -2.60. The normalized spacial score (nSPS) is 14.3. The molecular formula is C19H19ClN2O4. The van der Waals surface area contributed by atoms with Crippen molar-refractivity contribution in [2.75, 3.05) is 26.2 Å². The molecule has 26 heavy (non-hydrogen) atoms. The van der Waals surface area contributed by atoms with Crippen LogP contribution in [0.3, 0.4) is 0 Å². The Morgan fingerprint density at radius 3 is 2.27 bits per heavy atom. The first-order valence-corrected chi connectivity index (χ1v) is 8.82. The van der Waals surface area contributed by atoms with Crippen LogP contribution in [0.4, 0.5) is 0 Å². The molecule has 0 atom stereocenters. The van der Waals surface area contributed by atoms with E-state index in [2.05, 4.69) is 0 Å². The molecule has 0 radical (unpaired) electrons. The Bertz CT molecular complexity index is 796. The lowest BCUT2D eigenvalue weighted by molar-refractivity contribution is -0.132. The van der Waals surface area contributed by atoms with Crippen molar-refractivity contribution in [3.63, 3.8) is 0 Å². The molecule has 2 amide bonds. The first-order chi connectivity index (χ1) is 12.6. The number of rotatable bonds is 5. The predicted molar refractivity (Wildman–Crippen MR) is 96.2 cm³/mol. The molecule has 0 N–H and O–H groups in total. The van der Waals surface area contributed by atoms with Crippen LogP contribution in [0.25, 0.3) is 0 Å². The topological polar surface area (TPSA) is 70.8 Å². The van der Waals surface area contributed by atoms with Crippen LogP contribution in [0.5, 0.6) is 0 Å². The summed E-state index contributed by atoms with van der Waals surface area (Å²) in [5, 5.41) is 0.398. The van der Waals surface area contributed by atoms with Crippen molar-refractivity contribution in [1.82, 2.24) is 9.80 Å². The largest absolute Gasteiger partial charge is 0.459 e. The molecule has 0 saturated carbocycles. The van der Waals surface area contributed by atoms with Crippen molar-refractivity contribution in [2.24, 2.45) is 0 Å². The van der Waals surface area contributed by atoms with E-state index < -0.39 is 0 Å². The fourth-order valence-corrected chi connectivity index (χ4v) is 3.16. The highest BCUT2D eigenvalue weighted by Gasteiger charge is 2.26. The predicted octanol–water partition coefficient (Wildman–Crippen LogP) is 2.88. The molecule has 1 saturated heterocycles. The van der Waals surface area contributed by atoms with E-state index in [1.807, 2.05) is 0 Å². The van der Waals surface area contributed by atoms with Gasteiger partial charge in [-0.05, 0) is 24.3 Å². The molecule has 2 heterocycles. The maximum Gasteiger partial charge on any atom is 0.289 e. The van der Waals surface area contributed by atoms with Gasteiger partial charge in [0.25, 0.3) is 5.91 Å². The molecule has 3 rings (SSSR count). The van der Waals surface area contributed by atoms with Gasteiger partial charge in [0.2, 0.25) is 5.91 Å². The summed E-state index contributed by atoms with van der Waals surface area (Å²) in [6, 6.07) is 10.1. The quantitative estimate of drug-likeness (QED) is 0.754. The summed E-state index contributed by atoms with van der Waals surface area (Å²) in [6.45, 7) is 1.80. The molecule has 1 aromatic carbocycles. The van der Waals surface area contributed by atoms with Gasteiger partial charge < -0.3 is 14.2 Å². The number of piperazine rings is 1. The molecule has 1 aliphatic rings. The van der Waals surface area contributed by atoms with Crippen molar-refractivity contribution in [3.05, 3.63) is 59.0 Å². The van der Waals surface area contributed by atoms with Gasteiger partial charge in [0.1, 0.15) is 0 Å². The maximum atomic E-state index is 12.3. The standard InChI is InChI=1S/C19H19ClN2O4/c20-15-5-2-1-4-14(15)16(23)7-8-18(24)21-9-11-22(12-10-21)19(25)17-6-3-13-26-17/h1-6,13H,7-12H2. The lowest BCUT2D eigenvalue weighted by atomic mass is 10.1. The minimum absolute atomic E-state index is 0.0875. The number of Topliss-reactive ketones (excluding diaryl/α,β-unsaturated/α-hetero) is 1. The fourth-order valence-electron chi connectivity index (χ4n) is 2.92. The Morgan fingerprint density at radius 1 is 0.923 bits per heavy atom. The van der Waals surface area contributed by atoms with Gasteiger partial charge in [0.05, 0.1) is 11.3 Å². The highest BCUT2D eigenvalue weighted by molar-refractivity contribution is 6.34. The highest BCUT2D eigenvalue weighted by atomic mass is 35.5. The number of hydrogen-bond donors (Lipinski definition) is 0. The second-order valence-electron chi connectivity index (χ2n) is 6.05. The van der Waals surface area contributed by atoms with E-state index in [-0.39, 0.29) is 30.4 Å².